The number of aromatic nitrogens is 2. The highest BCUT2D eigenvalue weighted by Gasteiger charge is 2.46. The summed E-state index contributed by atoms with van der Waals surface area (Å²) in [5, 5.41) is 0. The maximum Gasteiger partial charge on any atom is 0.321 e. The van der Waals surface area contributed by atoms with Crippen LogP contribution in [0.5, 0.6) is 11.6 Å². The lowest BCUT2D eigenvalue weighted by Crippen LogP contribution is -2.35. The molecule has 0 spiro atoms. The topological polar surface area (TPSA) is 80.3 Å². The molecule has 3 fully saturated rings. The van der Waals surface area contributed by atoms with Crippen molar-refractivity contribution in [2.45, 2.75) is 51.2 Å². The van der Waals surface area contributed by atoms with Gasteiger partial charge in [-0.1, -0.05) is 96.8 Å². The fourth-order valence-corrected chi connectivity index (χ4v) is 6.87. The maximum atomic E-state index is 14.0. The molecule has 1 unspecified atom stereocenters. The Kier molecular flexibility index (Phi) is 10.6. The van der Waals surface area contributed by atoms with Crippen LogP contribution >= 0.6 is 0 Å². The number of amides is 2. The van der Waals surface area contributed by atoms with Crippen molar-refractivity contribution in [2.75, 3.05) is 32.8 Å². The third-order valence-corrected chi connectivity index (χ3v) is 9.90. The zero-order chi connectivity index (χ0) is 35.8. The largest absolute Gasteiger partial charge is 0.482 e. The summed E-state index contributed by atoms with van der Waals surface area (Å²) in [7, 11) is 0. The van der Waals surface area contributed by atoms with Gasteiger partial charge in [-0.05, 0) is 59.4 Å². The number of urea groups is 1. The molecule has 0 bridgehead atoms. The molecule has 0 N–H and O–H groups in total. The smallest absolute Gasteiger partial charge is 0.321 e. The molecule has 2 aliphatic heterocycles. The lowest BCUT2D eigenvalue weighted by Gasteiger charge is -2.26. The second-order valence-corrected chi connectivity index (χ2v) is 13.8. The van der Waals surface area contributed by atoms with Gasteiger partial charge in [-0.25, -0.2) is 9.78 Å². The molecule has 268 valence electrons. The molecule has 3 aliphatic rings. The van der Waals surface area contributed by atoms with Gasteiger partial charge >= 0.3 is 6.03 Å². The number of nitrogens with zero attached hydrogens (tertiary/aromatic N) is 5. The molecule has 1 aromatic heterocycles. The van der Waals surface area contributed by atoms with E-state index >= 15 is 0 Å². The Morgan fingerprint density at radius 3 is 1.96 bits per heavy atom. The van der Waals surface area contributed by atoms with Crippen LogP contribution in [0.2, 0.25) is 0 Å². The van der Waals surface area contributed by atoms with E-state index in [9.17, 15) is 4.79 Å². The average molecular weight is 706 g/mol. The first-order valence-corrected chi connectivity index (χ1v) is 18.4. The highest BCUT2D eigenvalue weighted by atomic mass is 16.5. The van der Waals surface area contributed by atoms with Gasteiger partial charge in [0.1, 0.15) is 25.2 Å². The van der Waals surface area contributed by atoms with Crippen LogP contribution in [0.4, 0.5) is 4.79 Å². The number of hydrogen-bond donors (Lipinski definition) is 0. The van der Waals surface area contributed by atoms with E-state index in [1.807, 2.05) is 65.6 Å². The predicted molar refractivity (Wildman–Crippen MR) is 202 cm³/mol. The average Bonchev–Trinajstić information content (AvgIpc) is 4.00. The number of hydrogen-bond acceptors (Lipinski definition) is 7. The number of carbonyl (C=O) groups is 1. The van der Waals surface area contributed by atoms with Gasteiger partial charge in [-0.15, -0.1) is 0 Å². The quantitative estimate of drug-likeness (QED) is 0.129. The standard InChI is InChI=1S/C44H43N5O4/c50-44-48(28-40-42(52-30-36-7-3-1-4-8-36)43(46-32-45-40)53-31-37-9-5-2-6-10-37)29-41(49(44)39-21-22-39)38-19-17-34(18-20-38)12-11-33-13-15-35(16-14-33)27-47-23-25-51-26-24-47/h1-10,13-20,32,39,41H,21-31H2. The van der Waals surface area contributed by atoms with E-state index in [4.69, 9.17) is 14.2 Å². The van der Waals surface area contributed by atoms with Gasteiger partial charge in [0, 0.05) is 43.3 Å². The molecule has 1 saturated carbocycles. The summed E-state index contributed by atoms with van der Waals surface area (Å²) < 4.78 is 18.0. The molecule has 4 aromatic carbocycles. The monoisotopic (exact) mass is 705 g/mol. The van der Waals surface area contributed by atoms with Gasteiger partial charge in [0.2, 0.25) is 5.75 Å². The minimum absolute atomic E-state index is 0.0119. The van der Waals surface area contributed by atoms with Crippen molar-refractivity contribution in [2.24, 2.45) is 0 Å². The van der Waals surface area contributed by atoms with Crippen LogP contribution in [-0.2, 0) is 31.0 Å². The summed E-state index contributed by atoms with van der Waals surface area (Å²) in [6, 6.07) is 37.0. The summed E-state index contributed by atoms with van der Waals surface area (Å²) in [4.78, 5) is 29.5. The number of ether oxygens (including phenoxy) is 3. The first-order chi connectivity index (χ1) is 26.2. The Balaban J connectivity index is 0.965. The summed E-state index contributed by atoms with van der Waals surface area (Å²) in [6.45, 7) is 5.97. The van der Waals surface area contributed by atoms with Crippen LogP contribution in [0.1, 0.15) is 58.0 Å². The molecular formula is C44H43N5O4. The lowest BCUT2D eigenvalue weighted by molar-refractivity contribution is 0.0342. The molecule has 53 heavy (non-hydrogen) atoms. The van der Waals surface area contributed by atoms with Gasteiger partial charge in [0.15, 0.2) is 0 Å². The van der Waals surface area contributed by atoms with E-state index in [-0.39, 0.29) is 24.7 Å². The second kappa shape index (κ2) is 16.3. The lowest BCUT2D eigenvalue weighted by atomic mass is 10.0. The number of carbonyl (C=O) groups excluding carboxylic acids is 1. The zero-order valence-electron chi connectivity index (χ0n) is 29.8. The molecule has 3 heterocycles. The normalized spacial score (nSPS) is 17.4. The SMILES string of the molecule is O=C1N(Cc2ncnc(OCc3ccccc3)c2OCc2ccccc2)CC(c2ccc(C#Cc3ccc(CN4CCOCC4)cc3)cc2)N1C1CC1. The van der Waals surface area contributed by atoms with Crippen LogP contribution in [0.3, 0.4) is 0 Å². The van der Waals surface area contributed by atoms with Crippen LogP contribution in [-0.4, -0.2) is 69.6 Å². The molecule has 2 amide bonds. The third kappa shape index (κ3) is 8.69. The van der Waals surface area contributed by atoms with E-state index in [1.165, 1.54) is 11.9 Å². The molecule has 1 atom stereocenters. The number of benzene rings is 4. The fraction of sp³-hybridized carbons (Fsp3) is 0.295. The van der Waals surface area contributed by atoms with Gasteiger partial charge in [0.05, 0.1) is 25.8 Å². The Bertz CT molecular complexity index is 2040. The third-order valence-electron chi connectivity index (χ3n) is 9.90. The highest BCUT2D eigenvalue weighted by Crippen LogP contribution is 2.41. The van der Waals surface area contributed by atoms with E-state index in [0.717, 1.165) is 73.5 Å². The van der Waals surface area contributed by atoms with E-state index in [0.29, 0.717) is 37.1 Å². The Hall–Kier alpha value is -5.69. The Morgan fingerprint density at radius 1 is 0.698 bits per heavy atom. The van der Waals surface area contributed by atoms with Gasteiger partial charge < -0.3 is 24.0 Å². The molecule has 8 rings (SSSR count). The van der Waals surface area contributed by atoms with E-state index in [1.54, 1.807) is 0 Å². The van der Waals surface area contributed by atoms with Crippen molar-refractivity contribution >= 4 is 6.03 Å². The number of morpholine rings is 1. The van der Waals surface area contributed by atoms with Crippen LogP contribution in [0.15, 0.2) is 116 Å². The maximum absolute atomic E-state index is 14.0. The van der Waals surface area contributed by atoms with Crippen molar-refractivity contribution in [1.29, 1.82) is 0 Å². The first kappa shape index (κ1) is 34.4. The van der Waals surface area contributed by atoms with Crippen molar-refractivity contribution in [3.05, 3.63) is 155 Å². The van der Waals surface area contributed by atoms with Gasteiger partial charge in [-0.2, -0.15) is 4.98 Å². The predicted octanol–water partition coefficient (Wildman–Crippen LogP) is 7.01. The molecule has 0 radical (unpaired) electrons. The fourth-order valence-electron chi connectivity index (χ4n) is 6.87. The number of rotatable bonds is 12. The molecular weight excluding hydrogens is 663 g/mol. The van der Waals surface area contributed by atoms with Crippen molar-refractivity contribution in [1.82, 2.24) is 24.7 Å². The van der Waals surface area contributed by atoms with Crippen molar-refractivity contribution in [3.8, 4) is 23.5 Å². The van der Waals surface area contributed by atoms with E-state index < -0.39 is 0 Å². The van der Waals surface area contributed by atoms with Crippen LogP contribution in [0, 0.1) is 11.8 Å². The van der Waals surface area contributed by atoms with Gasteiger partial charge in [0.25, 0.3) is 5.88 Å². The highest BCUT2D eigenvalue weighted by molar-refractivity contribution is 5.78. The molecule has 5 aromatic rings. The summed E-state index contributed by atoms with van der Waals surface area (Å²) >= 11 is 0. The van der Waals surface area contributed by atoms with Crippen molar-refractivity contribution < 1.29 is 19.0 Å². The van der Waals surface area contributed by atoms with Crippen LogP contribution in [0.25, 0.3) is 0 Å². The minimum atomic E-state index is -0.0691. The Labute approximate surface area is 311 Å². The van der Waals surface area contributed by atoms with Gasteiger partial charge in [-0.3, -0.25) is 4.90 Å². The molecule has 9 nitrogen and oxygen atoms in total. The van der Waals surface area contributed by atoms with Crippen LogP contribution < -0.4 is 9.47 Å². The second-order valence-electron chi connectivity index (χ2n) is 13.8. The molecule has 9 heteroatoms. The molecule has 2 saturated heterocycles. The first-order valence-electron chi connectivity index (χ1n) is 18.4. The van der Waals surface area contributed by atoms with Crippen molar-refractivity contribution in [3.63, 3.8) is 0 Å². The van der Waals surface area contributed by atoms with E-state index in [2.05, 4.69) is 80.1 Å². The summed E-state index contributed by atoms with van der Waals surface area (Å²) in [6.07, 6.45) is 3.52. The molecule has 1 aliphatic carbocycles. The Morgan fingerprint density at radius 2 is 1.32 bits per heavy atom. The zero-order valence-corrected chi connectivity index (χ0v) is 29.8. The summed E-state index contributed by atoms with van der Waals surface area (Å²) in [5.74, 6) is 7.46. The minimum Gasteiger partial charge on any atom is -0.482 e. The summed E-state index contributed by atoms with van der Waals surface area (Å²) in [5.41, 5.74) is 6.96.